The maximum atomic E-state index is 10.5. The molecule has 1 unspecified atom stereocenters. The molecule has 1 heterocycles. The Bertz CT molecular complexity index is 245. The number of carboxylic acids is 1. The van der Waals surface area contributed by atoms with Gasteiger partial charge in [-0.3, -0.25) is 4.68 Å². The maximum Gasteiger partial charge on any atom is 0.334 e. The Kier molecular flexibility index (Phi) is 2.82. The Balaban J connectivity index is 2.54. The molecule has 1 aromatic rings. The lowest BCUT2D eigenvalue weighted by molar-refractivity contribution is -0.149. The molecule has 5 heteroatoms. The number of hydrogen-bond acceptors (Lipinski definition) is 3. The maximum absolute atomic E-state index is 10.5. The second-order valence-electron chi connectivity index (χ2n) is 2.29. The predicted octanol–water partition coefficient (Wildman–Crippen LogP) is -0.0173. The van der Waals surface area contributed by atoms with E-state index in [1.165, 1.54) is 11.8 Å². The molecule has 0 fully saturated rings. The van der Waals surface area contributed by atoms with Crippen LogP contribution in [0.1, 0.15) is 0 Å². The molecule has 0 saturated carbocycles. The first-order valence-electron chi connectivity index (χ1n) is 3.47. The average molecular weight is 170 g/mol. The molecule has 5 nitrogen and oxygen atoms in total. The van der Waals surface area contributed by atoms with E-state index in [4.69, 9.17) is 9.84 Å². The Hall–Kier alpha value is -1.36. The second kappa shape index (κ2) is 3.87. The van der Waals surface area contributed by atoms with Gasteiger partial charge in [-0.25, -0.2) is 4.79 Å². The quantitative estimate of drug-likeness (QED) is 0.689. The summed E-state index contributed by atoms with van der Waals surface area (Å²) in [5, 5.41) is 12.5. The highest BCUT2D eigenvalue weighted by atomic mass is 16.5. The first-order valence-corrected chi connectivity index (χ1v) is 3.47. The van der Waals surface area contributed by atoms with Crippen LogP contribution in [0.15, 0.2) is 18.5 Å². The molecule has 0 bridgehead atoms. The molecular formula is C7H10N2O3. The molecule has 0 saturated heterocycles. The van der Waals surface area contributed by atoms with Crippen molar-refractivity contribution < 1.29 is 14.6 Å². The number of rotatable bonds is 4. The van der Waals surface area contributed by atoms with Gasteiger partial charge in [0.1, 0.15) is 0 Å². The number of carbonyl (C=O) groups is 1. The van der Waals surface area contributed by atoms with Crippen molar-refractivity contribution in [1.82, 2.24) is 9.78 Å². The zero-order valence-corrected chi connectivity index (χ0v) is 6.67. The van der Waals surface area contributed by atoms with Crippen LogP contribution in [0.3, 0.4) is 0 Å². The van der Waals surface area contributed by atoms with E-state index in [-0.39, 0.29) is 6.54 Å². The van der Waals surface area contributed by atoms with Crippen LogP contribution in [0.2, 0.25) is 0 Å². The number of nitrogens with zero attached hydrogens (tertiary/aromatic N) is 2. The van der Waals surface area contributed by atoms with Gasteiger partial charge in [-0.05, 0) is 6.07 Å². The Morgan fingerprint density at radius 1 is 1.83 bits per heavy atom. The zero-order chi connectivity index (χ0) is 8.97. The van der Waals surface area contributed by atoms with E-state index in [0.717, 1.165) is 0 Å². The van der Waals surface area contributed by atoms with Gasteiger partial charge in [-0.2, -0.15) is 5.10 Å². The minimum absolute atomic E-state index is 0.235. The molecule has 0 radical (unpaired) electrons. The first-order chi connectivity index (χ1) is 5.74. The SMILES string of the molecule is COC(Cn1cccn1)C(=O)O. The third-order valence-corrected chi connectivity index (χ3v) is 1.47. The van der Waals surface area contributed by atoms with Gasteiger partial charge in [-0.15, -0.1) is 0 Å². The molecule has 66 valence electrons. The molecule has 12 heavy (non-hydrogen) atoms. The van der Waals surface area contributed by atoms with Gasteiger partial charge < -0.3 is 9.84 Å². The number of carboxylic acid groups (broad SMARTS) is 1. The van der Waals surface area contributed by atoms with Gasteiger partial charge in [0.15, 0.2) is 6.10 Å². The summed E-state index contributed by atoms with van der Waals surface area (Å²) in [7, 11) is 1.36. The van der Waals surface area contributed by atoms with Crippen LogP contribution < -0.4 is 0 Å². The standard InChI is InChI=1S/C7H10N2O3/c1-12-6(7(10)11)5-9-4-2-3-8-9/h2-4,6H,5H2,1H3,(H,10,11). The fourth-order valence-corrected chi connectivity index (χ4v) is 0.832. The first kappa shape index (κ1) is 8.73. The van der Waals surface area contributed by atoms with Crippen molar-refractivity contribution in [1.29, 1.82) is 0 Å². The summed E-state index contributed by atoms with van der Waals surface area (Å²) in [6.45, 7) is 0.235. The van der Waals surface area contributed by atoms with Crippen molar-refractivity contribution >= 4 is 5.97 Å². The molecule has 0 aliphatic rings. The van der Waals surface area contributed by atoms with E-state index < -0.39 is 12.1 Å². The lowest BCUT2D eigenvalue weighted by Gasteiger charge is -2.09. The van der Waals surface area contributed by atoms with Crippen molar-refractivity contribution in [2.45, 2.75) is 12.6 Å². The van der Waals surface area contributed by atoms with E-state index >= 15 is 0 Å². The van der Waals surface area contributed by atoms with E-state index in [0.29, 0.717) is 0 Å². The number of aliphatic carboxylic acids is 1. The van der Waals surface area contributed by atoms with E-state index in [2.05, 4.69) is 5.10 Å². The Morgan fingerprint density at radius 3 is 3.00 bits per heavy atom. The number of ether oxygens (including phenoxy) is 1. The van der Waals surface area contributed by atoms with Crippen LogP contribution in [0.5, 0.6) is 0 Å². The Labute approximate surface area is 69.6 Å². The number of hydrogen-bond donors (Lipinski definition) is 1. The molecular weight excluding hydrogens is 160 g/mol. The minimum atomic E-state index is -0.979. The molecule has 0 spiro atoms. The van der Waals surface area contributed by atoms with Crippen molar-refractivity contribution in [3.63, 3.8) is 0 Å². The highest BCUT2D eigenvalue weighted by Crippen LogP contribution is 1.95. The van der Waals surface area contributed by atoms with Crippen LogP contribution in [-0.2, 0) is 16.1 Å². The van der Waals surface area contributed by atoms with Gasteiger partial charge >= 0.3 is 5.97 Å². The van der Waals surface area contributed by atoms with Gasteiger partial charge in [-0.1, -0.05) is 0 Å². The van der Waals surface area contributed by atoms with Crippen molar-refractivity contribution in [3.8, 4) is 0 Å². The van der Waals surface area contributed by atoms with Crippen molar-refractivity contribution in [3.05, 3.63) is 18.5 Å². The molecule has 1 N–H and O–H groups in total. The van der Waals surface area contributed by atoms with Crippen LogP contribution in [0.25, 0.3) is 0 Å². The molecule has 0 amide bonds. The van der Waals surface area contributed by atoms with Gasteiger partial charge in [0.2, 0.25) is 0 Å². The Morgan fingerprint density at radius 2 is 2.58 bits per heavy atom. The summed E-state index contributed by atoms with van der Waals surface area (Å²) in [6, 6.07) is 1.73. The molecule has 0 aromatic carbocycles. The monoisotopic (exact) mass is 170 g/mol. The fraction of sp³-hybridized carbons (Fsp3) is 0.429. The zero-order valence-electron chi connectivity index (χ0n) is 6.67. The van der Waals surface area contributed by atoms with Crippen molar-refractivity contribution in [2.24, 2.45) is 0 Å². The van der Waals surface area contributed by atoms with Crippen molar-refractivity contribution in [2.75, 3.05) is 7.11 Å². The fourth-order valence-electron chi connectivity index (χ4n) is 0.832. The minimum Gasteiger partial charge on any atom is -0.479 e. The highest BCUT2D eigenvalue weighted by molar-refractivity contribution is 5.72. The van der Waals surface area contributed by atoms with Gasteiger partial charge in [0.25, 0.3) is 0 Å². The molecule has 1 atom stereocenters. The predicted molar refractivity (Wildman–Crippen MR) is 40.7 cm³/mol. The largest absolute Gasteiger partial charge is 0.479 e. The molecule has 0 aliphatic carbocycles. The lowest BCUT2D eigenvalue weighted by Crippen LogP contribution is -2.27. The summed E-state index contributed by atoms with van der Waals surface area (Å²) >= 11 is 0. The number of aromatic nitrogens is 2. The smallest absolute Gasteiger partial charge is 0.334 e. The van der Waals surface area contributed by atoms with E-state index in [1.54, 1.807) is 18.5 Å². The van der Waals surface area contributed by atoms with Gasteiger partial charge in [0.05, 0.1) is 6.54 Å². The van der Waals surface area contributed by atoms with E-state index in [1.807, 2.05) is 0 Å². The third kappa shape index (κ3) is 2.06. The average Bonchev–Trinajstić information content (AvgIpc) is 2.51. The van der Waals surface area contributed by atoms with Crippen LogP contribution in [0, 0.1) is 0 Å². The highest BCUT2D eigenvalue weighted by Gasteiger charge is 2.16. The topological polar surface area (TPSA) is 64.4 Å². The summed E-state index contributed by atoms with van der Waals surface area (Å²) in [6.07, 6.45) is 2.45. The summed E-state index contributed by atoms with van der Waals surface area (Å²) < 4.78 is 6.24. The summed E-state index contributed by atoms with van der Waals surface area (Å²) in [4.78, 5) is 10.5. The van der Waals surface area contributed by atoms with Crippen LogP contribution >= 0.6 is 0 Å². The number of methoxy groups -OCH3 is 1. The van der Waals surface area contributed by atoms with Crippen LogP contribution in [-0.4, -0.2) is 34.1 Å². The lowest BCUT2D eigenvalue weighted by atomic mass is 10.3. The molecule has 1 aromatic heterocycles. The molecule has 0 aliphatic heterocycles. The molecule has 1 rings (SSSR count). The normalized spacial score (nSPS) is 12.8. The summed E-state index contributed by atoms with van der Waals surface area (Å²) in [5.74, 6) is -0.979. The summed E-state index contributed by atoms with van der Waals surface area (Å²) in [5.41, 5.74) is 0. The second-order valence-corrected chi connectivity index (χ2v) is 2.29. The van der Waals surface area contributed by atoms with Crippen LogP contribution in [0.4, 0.5) is 0 Å². The van der Waals surface area contributed by atoms with E-state index in [9.17, 15) is 4.79 Å². The van der Waals surface area contributed by atoms with Gasteiger partial charge in [0, 0.05) is 19.5 Å². The third-order valence-electron chi connectivity index (χ3n) is 1.47.